The van der Waals surface area contributed by atoms with E-state index in [1.54, 1.807) is 24.3 Å². The SMILES string of the molecule is [2H]C([2H])([2H])Oc1ccc(C(C[N+]#[C-])C2(O)CCCCC2)cc1. The van der Waals surface area contributed by atoms with Gasteiger partial charge in [-0.25, -0.2) is 6.57 Å². The standard InChI is InChI=1S/C16H21NO2/c1-17-12-15(16(18)10-4-3-5-11-16)13-6-8-14(19-2)9-7-13/h6-9,15,18H,3-5,10-12H2,2H3/i2D3. The molecule has 3 heteroatoms. The molecule has 1 aliphatic rings. The molecule has 1 atom stereocenters. The molecule has 1 fully saturated rings. The Bertz CT molecular complexity index is 528. The van der Waals surface area contributed by atoms with E-state index in [1.807, 2.05) is 0 Å². The largest absolute Gasteiger partial charge is 0.497 e. The minimum absolute atomic E-state index is 0.232. The Kier molecular flexibility index (Phi) is 3.29. The second-order valence-corrected chi connectivity index (χ2v) is 5.23. The lowest BCUT2D eigenvalue weighted by atomic mass is 9.73. The Morgan fingerprint density at radius 3 is 2.63 bits per heavy atom. The van der Waals surface area contributed by atoms with E-state index >= 15 is 0 Å². The van der Waals surface area contributed by atoms with Crippen LogP contribution in [-0.4, -0.2) is 24.3 Å². The molecule has 0 aromatic heterocycles. The summed E-state index contributed by atoms with van der Waals surface area (Å²) < 4.78 is 26.1. The Morgan fingerprint density at radius 2 is 2.05 bits per heavy atom. The fourth-order valence-corrected chi connectivity index (χ4v) is 2.96. The van der Waals surface area contributed by atoms with Crippen molar-refractivity contribution in [3.8, 4) is 5.75 Å². The molecule has 102 valence electrons. The van der Waals surface area contributed by atoms with Gasteiger partial charge in [0.15, 0.2) is 0 Å². The highest BCUT2D eigenvalue weighted by Crippen LogP contribution is 2.40. The van der Waals surface area contributed by atoms with Gasteiger partial charge in [-0.1, -0.05) is 31.4 Å². The van der Waals surface area contributed by atoms with Gasteiger partial charge in [0, 0.05) is 0 Å². The van der Waals surface area contributed by atoms with Gasteiger partial charge in [0.2, 0.25) is 6.54 Å². The molecule has 1 saturated carbocycles. The average Bonchev–Trinajstić information content (AvgIpc) is 2.45. The van der Waals surface area contributed by atoms with E-state index in [2.05, 4.69) is 4.85 Å². The third kappa shape index (κ3) is 3.08. The van der Waals surface area contributed by atoms with Crippen molar-refractivity contribution in [1.29, 1.82) is 0 Å². The number of hydrogen-bond acceptors (Lipinski definition) is 2. The van der Waals surface area contributed by atoms with Gasteiger partial charge in [-0.2, -0.15) is 0 Å². The zero-order valence-corrected chi connectivity index (χ0v) is 10.9. The molecule has 3 nitrogen and oxygen atoms in total. The second kappa shape index (κ2) is 6.08. The maximum atomic E-state index is 10.9. The molecule has 1 aromatic carbocycles. The number of nitrogens with zero attached hydrogens (tertiary/aromatic N) is 1. The van der Waals surface area contributed by atoms with Crippen LogP contribution in [0.2, 0.25) is 0 Å². The van der Waals surface area contributed by atoms with Crippen molar-refractivity contribution in [2.24, 2.45) is 0 Å². The van der Waals surface area contributed by atoms with Crippen LogP contribution in [0.4, 0.5) is 0 Å². The van der Waals surface area contributed by atoms with Crippen molar-refractivity contribution < 1.29 is 14.0 Å². The van der Waals surface area contributed by atoms with Crippen LogP contribution in [0.25, 0.3) is 4.85 Å². The molecular formula is C16H21NO2. The Labute approximate surface area is 119 Å². The number of benzene rings is 1. The van der Waals surface area contributed by atoms with Gasteiger partial charge in [-0.15, -0.1) is 0 Å². The number of hydrogen-bond donors (Lipinski definition) is 1. The predicted octanol–water partition coefficient (Wildman–Crippen LogP) is 3.39. The summed E-state index contributed by atoms with van der Waals surface area (Å²) >= 11 is 0. The Morgan fingerprint density at radius 1 is 1.37 bits per heavy atom. The molecule has 19 heavy (non-hydrogen) atoms. The van der Waals surface area contributed by atoms with Crippen LogP contribution < -0.4 is 4.74 Å². The molecule has 2 rings (SSSR count). The van der Waals surface area contributed by atoms with Crippen molar-refractivity contribution in [3.63, 3.8) is 0 Å². The first-order valence-corrected chi connectivity index (χ1v) is 6.69. The first kappa shape index (κ1) is 10.3. The van der Waals surface area contributed by atoms with Gasteiger partial charge in [0.1, 0.15) is 5.75 Å². The molecule has 0 saturated heterocycles. The second-order valence-electron chi connectivity index (χ2n) is 5.23. The van der Waals surface area contributed by atoms with Crippen molar-refractivity contribution in [1.82, 2.24) is 0 Å². The highest BCUT2D eigenvalue weighted by Gasteiger charge is 2.40. The minimum atomic E-state index is -2.47. The molecule has 0 aliphatic heterocycles. The van der Waals surface area contributed by atoms with Crippen molar-refractivity contribution in [2.45, 2.75) is 43.6 Å². The maximum absolute atomic E-state index is 10.9. The minimum Gasteiger partial charge on any atom is -0.497 e. The summed E-state index contributed by atoms with van der Waals surface area (Å²) in [5.41, 5.74) is 0.0214. The Balaban J connectivity index is 2.20. The zero-order valence-electron chi connectivity index (χ0n) is 13.9. The van der Waals surface area contributed by atoms with E-state index in [1.165, 1.54) is 0 Å². The first-order valence-electron chi connectivity index (χ1n) is 8.19. The summed E-state index contributed by atoms with van der Waals surface area (Å²) in [7, 11) is -2.47. The van der Waals surface area contributed by atoms with E-state index in [0.29, 0.717) is 12.8 Å². The summed E-state index contributed by atoms with van der Waals surface area (Å²) in [5.74, 6) is 0.0213. The van der Waals surface area contributed by atoms with Crippen LogP contribution in [0.5, 0.6) is 5.75 Å². The van der Waals surface area contributed by atoms with E-state index in [0.717, 1.165) is 24.8 Å². The highest BCUT2D eigenvalue weighted by molar-refractivity contribution is 5.32. The van der Waals surface area contributed by atoms with Crippen molar-refractivity contribution in [2.75, 3.05) is 13.6 Å². The molecule has 1 aromatic rings. The molecule has 1 aliphatic carbocycles. The van der Waals surface area contributed by atoms with E-state index in [-0.39, 0.29) is 18.2 Å². The van der Waals surface area contributed by atoms with Gasteiger partial charge in [0.05, 0.1) is 22.7 Å². The number of aliphatic hydroxyl groups is 1. The quantitative estimate of drug-likeness (QED) is 0.844. The zero-order chi connectivity index (χ0) is 16.2. The number of rotatable bonds is 4. The fourth-order valence-electron chi connectivity index (χ4n) is 2.96. The summed E-state index contributed by atoms with van der Waals surface area (Å²) in [6.07, 6.45) is 4.50. The van der Waals surface area contributed by atoms with Gasteiger partial charge in [-0.3, -0.25) is 0 Å². The summed E-state index contributed by atoms with van der Waals surface area (Å²) in [6, 6.07) is 6.68. The summed E-state index contributed by atoms with van der Waals surface area (Å²) in [6.45, 7) is 7.39. The lowest BCUT2D eigenvalue weighted by Gasteiger charge is -2.37. The monoisotopic (exact) mass is 262 g/mol. The van der Waals surface area contributed by atoms with Gasteiger partial charge >= 0.3 is 0 Å². The van der Waals surface area contributed by atoms with E-state index < -0.39 is 12.6 Å². The molecule has 0 spiro atoms. The Hall–Kier alpha value is -1.53. The lowest BCUT2D eigenvalue weighted by Crippen LogP contribution is -2.39. The topological polar surface area (TPSA) is 33.8 Å². The highest BCUT2D eigenvalue weighted by atomic mass is 16.5. The third-order valence-corrected chi connectivity index (χ3v) is 4.04. The average molecular weight is 262 g/mol. The van der Waals surface area contributed by atoms with Crippen LogP contribution >= 0.6 is 0 Å². The van der Waals surface area contributed by atoms with Crippen LogP contribution in [-0.2, 0) is 0 Å². The normalized spacial score (nSPS) is 22.4. The van der Waals surface area contributed by atoms with Gasteiger partial charge < -0.3 is 14.7 Å². The van der Waals surface area contributed by atoms with E-state index in [4.69, 9.17) is 15.4 Å². The smallest absolute Gasteiger partial charge is 0.224 e. The number of ether oxygens (including phenoxy) is 1. The summed E-state index contributed by atoms with van der Waals surface area (Å²) in [5, 5.41) is 10.9. The van der Waals surface area contributed by atoms with E-state index in [9.17, 15) is 5.11 Å². The lowest BCUT2D eigenvalue weighted by molar-refractivity contribution is -0.0175. The fraction of sp³-hybridized carbons (Fsp3) is 0.562. The van der Waals surface area contributed by atoms with Crippen LogP contribution in [0, 0.1) is 6.57 Å². The molecule has 0 heterocycles. The predicted molar refractivity (Wildman–Crippen MR) is 75.2 cm³/mol. The molecule has 0 amide bonds. The van der Waals surface area contributed by atoms with Crippen LogP contribution in [0.15, 0.2) is 24.3 Å². The number of methoxy groups -OCH3 is 1. The molecule has 0 bridgehead atoms. The molecule has 1 unspecified atom stereocenters. The summed E-state index contributed by atoms with van der Waals surface area (Å²) in [4.78, 5) is 3.48. The van der Waals surface area contributed by atoms with Crippen molar-refractivity contribution in [3.05, 3.63) is 41.2 Å². The maximum Gasteiger partial charge on any atom is 0.224 e. The molecule has 0 radical (unpaired) electrons. The molecular weight excluding hydrogens is 238 g/mol. The first-order chi connectivity index (χ1) is 10.3. The molecule has 1 N–H and O–H groups in total. The van der Waals surface area contributed by atoms with Crippen molar-refractivity contribution >= 4 is 0 Å². The van der Waals surface area contributed by atoms with Gasteiger partial charge in [0.25, 0.3) is 0 Å². The van der Waals surface area contributed by atoms with Crippen LogP contribution in [0.3, 0.4) is 0 Å². The third-order valence-electron chi connectivity index (χ3n) is 4.04. The van der Waals surface area contributed by atoms with Crippen LogP contribution in [0.1, 0.15) is 47.7 Å². The van der Waals surface area contributed by atoms with Gasteiger partial charge in [-0.05, 0) is 30.5 Å².